The van der Waals surface area contributed by atoms with Gasteiger partial charge in [0.1, 0.15) is 5.76 Å². The van der Waals surface area contributed by atoms with E-state index in [1.54, 1.807) is 24.3 Å². The topological polar surface area (TPSA) is 66.8 Å². The molecule has 1 aliphatic rings. The smallest absolute Gasteiger partial charge is 0.295 e. The van der Waals surface area contributed by atoms with Gasteiger partial charge in [0.15, 0.2) is 0 Å². The molecule has 1 aliphatic heterocycles. The molecule has 1 amide bonds. The minimum absolute atomic E-state index is 0.110. The largest absolute Gasteiger partial charge is 0.507 e. The molecule has 0 aliphatic carbocycles. The van der Waals surface area contributed by atoms with Crippen LogP contribution in [0, 0.1) is 0 Å². The molecule has 128 valence electrons. The van der Waals surface area contributed by atoms with Crippen LogP contribution in [0.1, 0.15) is 17.2 Å². The number of aliphatic hydroxyl groups is 1. The molecule has 0 spiro atoms. The van der Waals surface area contributed by atoms with Crippen LogP contribution in [0.5, 0.6) is 0 Å². The van der Waals surface area contributed by atoms with Gasteiger partial charge in [-0.1, -0.05) is 60.7 Å². The van der Waals surface area contributed by atoms with Crippen LogP contribution in [0.2, 0.25) is 0 Å². The summed E-state index contributed by atoms with van der Waals surface area (Å²) in [6, 6.07) is 17.4. The first-order chi connectivity index (χ1) is 12.1. The molecule has 1 atom stereocenters. The number of amides is 1. The Kier molecular flexibility index (Phi) is 4.95. The Bertz CT molecular complexity index is 799. The van der Waals surface area contributed by atoms with Crippen LogP contribution in [0.15, 0.2) is 66.2 Å². The number of likely N-dealkylation sites (tertiary alicyclic amines) is 1. The molecule has 1 saturated heterocycles. The lowest BCUT2D eigenvalue weighted by Crippen LogP contribution is -2.32. The van der Waals surface area contributed by atoms with E-state index in [9.17, 15) is 14.7 Å². The number of ketones is 1. The molecule has 2 aromatic carbocycles. The van der Waals surface area contributed by atoms with Crippen LogP contribution >= 0.6 is 0 Å². The number of methoxy groups -OCH3 is 1. The summed E-state index contributed by atoms with van der Waals surface area (Å²) in [4.78, 5) is 26.6. The lowest BCUT2D eigenvalue weighted by Gasteiger charge is -2.25. The third-order valence-electron chi connectivity index (χ3n) is 4.24. The first-order valence-electron chi connectivity index (χ1n) is 8.03. The molecule has 25 heavy (non-hydrogen) atoms. The second kappa shape index (κ2) is 7.32. The molecule has 0 saturated carbocycles. The second-order valence-corrected chi connectivity index (χ2v) is 5.76. The number of nitrogens with zero attached hydrogens (tertiary/aromatic N) is 1. The first kappa shape index (κ1) is 16.9. The summed E-state index contributed by atoms with van der Waals surface area (Å²) >= 11 is 0. The van der Waals surface area contributed by atoms with Crippen molar-refractivity contribution in [1.29, 1.82) is 0 Å². The van der Waals surface area contributed by atoms with E-state index in [0.717, 1.165) is 5.56 Å². The number of hydrogen-bond acceptors (Lipinski definition) is 4. The summed E-state index contributed by atoms with van der Waals surface area (Å²) in [6.45, 7) is 0.577. The maximum absolute atomic E-state index is 12.6. The fraction of sp³-hybridized carbons (Fsp3) is 0.200. The van der Waals surface area contributed by atoms with Gasteiger partial charge in [-0.15, -0.1) is 0 Å². The van der Waals surface area contributed by atoms with Crippen LogP contribution in [0.3, 0.4) is 0 Å². The third-order valence-corrected chi connectivity index (χ3v) is 4.24. The molecular formula is C20H19NO4. The van der Waals surface area contributed by atoms with Crippen molar-refractivity contribution in [3.8, 4) is 0 Å². The molecule has 2 aromatic rings. The molecule has 0 bridgehead atoms. The summed E-state index contributed by atoms with van der Waals surface area (Å²) in [5.41, 5.74) is 1.39. The highest BCUT2D eigenvalue weighted by atomic mass is 16.5. The van der Waals surface area contributed by atoms with Crippen LogP contribution in [-0.4, -0.2) is 42.0 Å². The number of rotatable bonds is 5. The SMILES string of the molecule is COCCN1C(=O)C(=O)C(=C(O)c2ccccc2)[C@@H]1c1ccccc1. The van der Waals surface area contributed by atoms with E-state index in [-0.39, 0.29) is 17.9 Å². The van der Waals surface area contributed by atoms with Gasteiger partial charge < -0.3 is 14.7 Å². The van der Waals surface area contributed by atoms with Crippen LogP contribution < -0.4 is 0 Å². The van der Waals surface area contributed by atoms with E-state index in [1.807, 2.05) is 36.4 Å². The summed E-state index contributed by atoms with van der Waals surface area (Å²) in [7, 11) is 1.54. The van der Waals surface area contributed by atoms with Gasteiger partial charge in [0, 0.05) is 19.2 Å². The number of ether oxygens (including phenoxy) is 1. The highest BCUT2D eigenvalue weighted by molar-refractivity contribution is 6.46. The number of Topliss-reactive ketones (excluding diaryl/α,β-unsaturated/α-hetero) is 1. The summed E-state index contributed by atoms with van der Waals surface area (Å²) < 4.78 is 5.07. The molecule has 3 rings (SSSR count). The zero-order valence-electron chi connectivity index (χ0n) is 13.9. The van der Waals surface area contributed by atoms with Crippen LogP contribution in [-0.2, 0) is 14.3 Å². The van der Waals surface area contributed by atoms with Gasteiger partial charge in [0.05, 0.1) is 18.2 Å². The number of hydrogen-bond donors (Lipinski definition) is 1. The summed E-state index contributed by atoms with van der Waals surface area (Å²) in [5, 5.41) is 10.7. The molecule has 0 aromatic heterocycles. The van der Waals surface area contributed by atoms with Gasteiger partial charge >= 0.3 is 0 Å². The van der Waals surface area contributed by atoms with Crippen molar-refractivity contribution in [2.24, 2.45) is 0 Å². The number of carbonyl (C=O) groups excluding carboxylic acids is 2. The predicted octanol–water partition coefficient (Wildman–Crippen LogP) is 2.75. The minimum atomic E-state index is -0.675. The van der Waals surface area contributed by atoms with Gasteiger partial charge in [0.25, 0.3) is 11.7 Å². The average Bonchev–Trinajstić information content (AvgIpc) is 2.91. The Hall–Kier alpha value is -2.92. The van der Waals surface area contributed by atoms with E-state index in [0.29, 0.717) is 12.2 Å². The third kappa shape index (κ3) is 3.19. The number of aliphatic hydroxyl groups excluding tert-OH is 1. The molecule has 1 fully saturated rings. The summed E-state index contributed by atoms with van der Waals surface area (Å²) in [6.07, 6.45) is 0. The minimum Gasteiger partial charge on any atom is -0.507 e. The first-order valence-corrected chi connectivity index (χ1v) is 8.03. The molecule has 0 unspecified atom stereocenters. The zero-order valence-corrected chi connectivity index (χ0v) is 13.9. The molecule has 5 heteroatoms. The number of benzene rings is 2. The standard InChI is InChI=1S/C20H19NO4/c1-25-13-12-21-17(14-8-4-2-5-9-14)16(19(23)20(21)24)18(22)15-10-6-3-7-11-15/h2-11,17,22H,12-13H2,1H3/t17-/m0/s1. The van der Waals surface area contributed by atoms with E-state index >= 15 is 0 Å². The van der Waals surface area contributed by atoms with Crippen LogP contribution in [0.4, 0.5) is 0 Å². The van der Waals surface area contributed by atoms with Gasteiger partial charge in [-0.3, -0.25) is 9.59 Å². The predicted molar refractivity (Wildman–Crippen MR) is 93.8 cm³/mol. The normalized spacial score (nSPS) is 19.4. The quantitative estimate of drug-likeness (QED) is 0.517. The maximum Gasteiger partial charge on any atom is 0.295 e. The number of carbonyl (C=O) groups is 2. The van der Waals surface area contributed by atoms with Gasteiger partial charge in [0.2, 0.25) is 0 Å². The monoisotopic (exact) mass is 337 g/mol. The Morgan fingerprint density at radius 3 is 2.24 bits per heavy atom. The molecule has 0 radical (unpaired) electrons. The Morgan fingerprint density at radius 1 is 1.04 bits per heavy atom. The molecule has 1 heterocycles. The van der Waals surface area contributed by atoms with Crippen molar-refractivity contribution in [3.63, 3.8) is 0 Å². The molecular weight excluding hydrogens is 318 g/mol. The van der Waals surface area contributed by atoms with E-state index in [1.165, 1.54) is 12.0 Å². The summed E-state index contributed by atoms with van der Waals surface area (Å²) in [5.74, 6) is -1.46. The van der Waals surface area contributed by atoms with E-state index in [2.05, 4.69) is 0 Å². The maximum atomic E-state index is 12.6. The highest BCUT2D eigenvalue weighted by Crippen LogP contribution is 2.38. The Balaban J connectivity index is 2.14. The highest BCUT2D eigenvalue weighted by Gasteiger charge is 2.45. The fourth-order valence-electron chi connectivity index (χ4n) is 3.03. The molecule has 1 N–H and O–H groups in total. The lowest BCUT2D eigenvalue weighted by atomic mass is 9.95. The lowest BCUT2D eigenvalue weighted by molar-refractivity contribution is -0.140. The fourth-order valence-corrected chi connectivity index (χ4v) is 3.03. The Morgan fingerprint density at radius 2 is 1.64 bits per heavy atom. The van der Waals surface area contributed by atoms with Gasteiger partial charge in [-0.25, -0.2) is 0 Å². The molecule has 5 nitrogen and oxygen atoms in total. The average molecular weight is 337 g/mol. The second-order valence-electron chi connectivity index (χ2n) is 5.76. The van der Waals surface area contributed by atoms with Crippen molar-refractivity contribution < 1.29 is 19.4 Å². The van der Waals surface area contributed by atoms with Crippen LogP contribution in [0.25, 0.3) is 5.76 Å². The van der Waals surface area contributed by atoms with E-state index in [4.69, 9.17) is 4.74 Å². The van der Waals surface area contributed by atoms with Crippen molar-refractivity contribution in [3.05, 3.63) is 77.4 Å². The Labute approximate surface area is 146 Å². The van der Waals surface area contributed by atoms with Gasteiger partial charge in [-0.2, -0.15) is 0 Å². The van der Waals surface area contributed by atoms with Gasteiger partial charge in [-0.05, 0) is 5.56 Å². The van der Waals surface area contributed by atoms with Crippen molar-refractivity contribution in [1.82, 2.24) is 4.90 Å². The van der Waals surface area contributed by atoms with Crippen molar-refractivity contribution >= 4 is 17.4 Å². The zero-order chi connectivity index (χ0) is 17.8. The van der Waals surface area contributed by atoms with Crippen molar-refractivity contribution in [2.75, 3.05) is 20.3 Å². The van der Waals surface area contributed by atoms with Crippen molar-refractivity contribution in [2.45, 2.75) is 6.04 Å². The van der Waals surface area contributed by atoms with E-state index < -0.39 is 17.7 Å².